The molecule has 0 radical (unpaired) electrons. The molecule has 0 saturated heterocycles. The third kappa shape index (κ3) is 2.84. The molecule has 1 unspecified atom stereocenters. The molecule has 0 fully saturated rings. The Morgan fingerprint density at radius 1 is 1.65 bits per heavy atom. The van der Waals surface area contributed by atoms with Crippen molar-refractivity contribution in [2.45, 2.75) is 18.0 Å². The van der Waals surface area contributed by atoms with Gasteiger partial charge in [-0.1, -0.05) is 0 Å². The summed E-state index contributed by atoms with van der Waals surface area (Å²) < 4.78 is 0. The predicted octanol–water partition coefficient (Wildman–Crippen LogP) is -1.44. The van der Waals surface area contributed by atoms with Crippen molar-refractivity contribution in [3.63, 3.8) is 0 Å². The van der Waals surface area contributed by atoms with Gasteiger partial charge in [0.1, 0.15) is 0 Å². The lowest BCUT2D eigenvalue weighted by Gasteiger charge is -2.24. The number of aromatic nitrogens is 2. The summed E-state index contributed by atoms with van der Waals surface area (Å²) in [7, 11) is 0. The van der Waals surface area contributed by atoms with Gasteiger partial charge in [-0.3, -0.25) is 4.79 Å². The number of carboxylic acids is 1. The zero-order valence-corrected chi connectivity index (χ0v) is 9.85. The van der Waals surface area contributed by atoms with Gasteiger partial charge in [-0.05, 0) is 0 Å². The molecule has 0 spiro atoms. The fourth-order valence-corrected chi connectivity index (χ4v) is 1.60. The minimum Gasteiger partial charge on any atom is -0.480 e. The summed E-state index contributed by atoms with van der Waals surface area (Å²) in [6.07, 6.45) is 3.10. The first-order valence-electron chi connectivity index (χ1n) is 4.82. The zero-order chi connectivity index (χ0) is 13.1. The number of rotatable bonds is 6. The van der Waals surface area contributed by atoms with Gasteiger partial charge in [0, 0.05) is 24.1 Å². The number of carboxylic acid groups (broad SMARTS) is 1. The van der Waals surface area contributed by atoms with Gasteiger partial charge in [-0.15, -0.1) is 0 Å². The van der Waals surface area contributed by atoms with E-state index in [-0.39, 0.29) is 12.2 Å². The standard InChI is InChI=1S/C9H14N4O3S/c10-6(1-5-2-12-4-13-5)7(14)9(11,3-17)8(15)16/h2,4,6,17H,1,3,10-11H2,(H,12,13)(H,15,16)/t6?,9-/m0/s1. The van der Waals surface area contributed by atoms with Crippen LogP contribution in [0.4, 0.5) is 0 Å². The number of thiol groups is 1. The number of nitrogens with two attached hydrogens (primary N) is 2. The second-order valence-electron chi connectivity index (χ2n) is 3.69. The Balaban J connectivity index is 2.78. The van der Waals surface area contributed by atoms with E-state index in [4.69, 9.17) is 16.6 Å². The molecule has 1 heterocycles. The molecule has 0 saturated carbocycles. The molecule has 0 aliphatic rings. The maximum Gasteiger partial charge on any atom is 0.332 e. The highest BCUT2D eigenvalue weighted by molar-refractivity contribution is 7.80. The number of nitrogens with one attached hydrogen (secondary N) is 1. The third-order valence-corrected chi connectivity index (χ3v) is 2.90. The molecule has 0 bridgehead atoms. The molecule has 6 N–H and O–H groups in total. The van der Waals surface area contributed by atoms with Crippen LogP contribution in [0.5, 0.6) is 0 Å². The van der Waals surface area contributed by atoms with Crippen molar-refractivity contribution in [1.82, 2.24) is 9.97 Å². The molecule has 94 valence electrons. The number of ketones is 1. The van der Waals surface area contributed by atoms with Crippen molar-refractivity contribution in [2.24, 2.45) is 11.5 Å². The molecule has 7 nitrogen and oxygen atoms in total. The van der Waals surface area contributed by atoms with E-state index in [1.54, 1.807) is 0 Å². The summed E-state index contributed by atoms with van der Waals surface area (Å²) in [6, 6.07) is -1.01. The number of hydrogen-bond donors (Lipinski definition) is 5. The number of aromatic amines is 1. The SMILES string of the molecule is NC(Cc1cnc[nH]1)C(=O)[C@@](N)(CS)C(=O)O. The first-order chi connectivity index (χ1) is 7.91. The lowest BCUT2D eigenvalue weighted by molar-refractivity contribution is -0.147. The normalized spacial score (nSPS) is 16.2. The van der Waals surface area contributed by atoms with Crippen molar-refractivity contribution in [3.05, 3.63) is 18.2 Å². The number of nitrogens with zero attached hydrogens (tertiary/aromatic N) is 1. The Labute approximate surface area is 103 Å². The van der Waals surface area contributed by atoms with Gasteiger partial charge in [0.15, 0.2) is 11.3 Å². The topological polar surface area (TPSA) is 135 Å². The van der Waals surface area contributed by atoms with Crippen LogP contribution >= 0.6 is 12.6 Å². The summed E-state index contributed by atoms with van der Waals surface area (Å²) in [5.74, 6) is -2.50. The second kappa shape index (κ2) is 5.30. The van der Waals surface area contributed by atoms with E-state index in [9.17, 15) is 9.59 Å². The quantitative estimate of drug-likeness (QED) is 0.313. The number of Topliss-reactive ketones (excluding diaryl/α,β-unsaturated/α-hetero) is 1. The second-order valence-corrected chi connectivity index (χ2v) is 4.00. The number of hydrogen-bond acceptors (Lipinski definition) is 6. The van der Waals surface area contributed by atoms with E-state index in [1.165, 1.54) is 12.5 Å². The Bertz CT molecular complexity index is 408. The zero-order valence-electron chi connectivity index (χ0n) is 8.96. The van der Waals surface area contributed by atoms with Crippen LogP contribution in [0, 0.1) is 0 Å². The third-order valence-electron chi connectivity index (χ3n) is 2.40. The lowest BCUT2D eigenvalue weighted by atomic mass is 9.90. The van der Waals surface area contributed by atoms with Gasteiger partial charge in [0.05, 0.1) is 12.4 Å². The molecule has 0 aliphatic carbocycles. The van der Waals surface area contributed by atoms with E-state index in [0.717, 1.165) is 0 Å². The summed E-state index contributed by atoms with van der Waals surface area (Å²) in [4.78, 5) is 29.3. The lowest BCUT2D eigenvalue weighted by Crippen LogP contribution is -2.62. The summed E-state index contributed by atoms with van der Waals surface area (Å²) in [5, 5.41) is 8.91. The van der Waals surface area contributed by atoms with Gasteiger partial charge >= 0.3 is 5.97 Å². The van der Waals surface area contributed by atoms with E-state index < -0.39 is 23.3 Å². The summed E-state index contributed by atoms with van der Waals surface area (Å²) in [5.41, 5.74) is 9.70. The molecular formula is C9H14N4O3S. The number of carbonyl (C=O) groups excluding carboxylic acids is 1. The van der Waals surface area contributed by atoms with Crippen molar-refractivity contribution >= 4 is 24.4 Å². The van der Waals surface area contributed by atoms with Crippen molar-refractivity contribution in [3.8, 4) is 0 Å². The van der Waals surface area contributed by atoms with Gasteiger partial charge < -0.3 is 21.6 Å². The van der Waals surface area contributed by atoms with E-state index in [0.29, 0.717) is 5.69 Å². The Morgan fingerprint density at radius 3 is 2.71 bits per heavy atom. The average Bonchev–Trinajstić information content (AvgIpc) is 2.79. The number of imidazole rings is 1. The first kappa shape index (κ1) is 13.7. The highest BCUT2D eigenvalue weighted by atomic mass is 32.1. The molecule has 17 heavy (non-hydrogen) atoms. The van der Waals surface area contributed by atoms with Crippen molar-refractivity contribution in [1.29, 1.82) is 0 Å². The Morgan fingerprint density at radius 2 is 2.29 bits per heavy atom. The number of aliphatic carboxylic acids is 1. The molecule has 0 aromatic carbocycles. The maximum absolute atomic E-state index is 11.8. The van der Waals surface area contributed by atoms with Gasteiger partial charge in [0.2, 0.25) is 0 Å². The predicted molar refractivity (Wildman–Crippen MR) is 63.7 cm³/mol. The summed E-state index contributed by atoms with van der Waals surface area (Å²) in [6.45, 7) is 0. The average molecular weight is 258 g/mol. The van der Waals surface area contributed by atoms with Crippen molar-refractivity contribution < 1.29 is 14.7 Å². The maximum atomic E-state index is 11.8. The van der Waals surface area contributed by atoms with E-state index in [1.807, 2.05) is 0 Å². The minimum atomic E-state index is -2.05. The number of H-pyrrole nitrogens is 1. The molecule has 1 aromatic heterocycles. The fraction of sp³-hybridized carbons (Fsp3) is 0.444. The molecule has 0 aliphatic heterocycles. The van der Waals surface area contributed by atoms with Crippen LogP contribution in [0.15, 0.2) is 12.5 Å². The van der Waals surface area contributed by atoms with Crippen LogP contribution in [0.25, 0.3) is 0 Å². The minimum absolute atomic E-state index is 0.152. The smallest absolute Gasteiger partial charge is 0.332 e. The van der Waals surface area contributed by atoms with Crippen LogP contribution in [0.1, 0.15) is 5.69 Å². The largest absolute Gasteiger partial charge is 0.480 e. The van der Waals surface area contributed by atoms with Crippen molar-refractivity contribution in [2.75, 3.05) is 5.75 Å². The molecule has 0 amide bonds. The Kier molecular flexibility index (Phi) is 4.27. The number of carbonyl (C=O) groups is 2. The van der Waals surface area contributed by atoms with Gasteiger partial charge in [-0.25, -0.2) is 9.78 Å². The fourth-order valence-electron chi connectivity index (χ4n) is 1.31. The van der Waals surface area contributed by atoms with Gasteiger partial charge in [-0.2, -0.15) is 12.6 Å². The van der Waals surface area contributed by atoms with Crippen LogP contribution in [0.2, 0.25) is 0 Å². The molecule has 1 rings (SSSR count). The molecule has 2 atom stereocenters. The monoisotopic (exact) mass is 258 g/mol. The highest BCUT2D eigenvalue weighted by Gasteiger charge is 2.43. The Hall–Kier alpha value is -1.38. The van der Waals surface area contributed by atoms with Crippen LogP contribution in [0.3, 0.4) is 0 Å². The highest BCUT2D eigenvalue weighted by Crippen LogP contribution is 2.10. The van der Waals surface area contributed by atoms with Crippen LogP contribution in [-0.2, 0) is 16.0 Å². The summed E-state index contributed by atoms with van der Waals surface area (Å²) >= 11 is 3.79. The first-order valence-corrected chi connectivity index (χ1v) is 5.45. The van der Waals surface area contributed by atoms with Gasteiger partial charge in [0.25, 0.3) is 0 Å². The molecular weight excluding hydrogens is 244 g/mol. The molecule has 8 heteroatoms. The molecule has 1 aromatic rings. The van der Waals surface area contributed by atoms with Crippen LogP contribution in [-0.4, -0.2) is 44.2 Å². The van der Waals surface area contributed by atoms with Crippen LogP contribution < -0.4 is 11.5 Å². The van der Waals surface area contributed by atoms with E-state index >= 15 is 0 Å². The van der Waals surface area contributed by atoms with E-state index in [2.05, 4.69) is 22.6 Å².